The Bertz CT molecular complexity index is 702. The van der Waals surface area contributed by atoms with Gasteiger partial charge in [0.25, 0.3) is 11.5 Å². The third kappa shape index (κ3) is 2.37. The molecule has 2 aromatic rings. The van der Waals surface area contributed by atoms with Crippen LogP contribution in [0.15, 0.2) is 41.2 Å². The van der Waals surface area contributed by atoms with E-state index in [1.54, 1.807) is 21.0 Å². The fourth-order valence-corrected chi connectivity index (χ4v) is 2.18. The molecule has 4 nitrogen and oxygen atoms in total. The Hall–Kier alpha value is -2.36. The second-order valence-electron chi connectivity index (χ2n) is 4.91. The third-order valence-corrected chi connectivity index (χ3v) is 3.53. The van der Waals surface area contributed by atoms with Gasteiger partial charge in [-0.05, 0) is 37.6 Å². The number of aromatic nitrogens is 1. The van der Waals surface area contributed by atoms with Crippen molar-refractivity contribution in [2.24, 2.45) is 7.05 Å². The van der Waals surface area contributed by atoms with Crippen molar-refractivity contribution < 1.29 is 4.79 Å². The lowest BCUT2D eigenvalue weighted by atomic mass is 10.1. The molecule has 4 heteroatoms. The van der Waals surface area contributed by atoms with Crippen molar-refractivity contribution in [3.8, 4) is 0 Å². The van der Waals surface area contributed by atoms with Gasteiger partial charge in [-0.15, -0.1) is 0 Å². The molecule has 1 heterocycles. The molecule has 0 unspecified atom stereocenters. The summed E-state index contributed by atoms with van der Waals surface area (Å²) in [6, 6.07) is 11.1. The largest absolute Gasteiger partial charge is 0.315 e. The zero-order valence-electron chi connectivity index (χ0n) is 12.2. The van der Waals surface area contributed by atoms with Crippen LogP contribution in [0.2, 0.25) is 0 Å². The molecule has 0 aliphatic heterocycles. The van der Waals surface area contributed by atoms with Crippen LogP contribution in [0.5, 0.6) is 0 Å². The highest BCUT2D eigenvalue weighted by Crippen LogP contribution is 2.15. The Labute approximate surface area is 118 Å². The summed E-state index contributed by atoms with van der Waals surface area (Å²) in [6.45, 7) is 3.64. The number of benzene rings is 1. The summed E-state index contributed by atoms with van der Waals surface area (Å²) in [5.41, 5.74) is 2.28. The van der Waals surface area contributed by atoms with Crippen LogP contribution >= 0.6 is 0 Å². The van der Waals surface area contributed by atoms with E-state index >= 15 is 0 Å². The van der Waals surface area contributed by atoms with E-state index in [-0.39, 0.29) is 17.0 Å². The van der Waals surface area contributed by atoms with Gasteiger partial charge in [0.05, 0.1) is 0 Å². The molecule has 1 amide bonds. The number of anilines is 1. The molecular formula is C16H18N2O2. The maximum absolute atomic E-state index is 12.6. The fraction of sp³-hybridized carbons (Fsp3) is 0.250. The molecule has 0 aliphatic rings. The first-order valence-corrected chi connectivity index (χ1v) is 6.44. The predicted octanol–water partition coefficient (Wildman–Crippen LogP) is 2.28. The molecule has 0 saturated carbocycles. The van der Waals surface area contributed by atoms with Gasteiger partial charge < -0.3 is 9.47 Å². The smallest absolute Gasteiger partial charge is 0.263 e. The van der Waals surface area contributed by atoms with Gasteiger partial charge >= 0.3 is 0 Å². The molecule has 1 aromatic carbocycles. The van der Waals surface area contributed by atoms with Gasteiger partial charge in [0.15, 0.2) is 0 Å². The quantitative estimate of drug-likeness (QED) is 0.840. The molecule has 104 valence electrons. The van der Waals surface area contributed by atoms with Gasteiger partial charge in [0.1, 0.15) is 5.56 Å². The van der Waals surface area contributed by atoms with E-state index < -0.39 is 0 Å². The minimum atomic E-state index is -0.283. The van der Waals surface area contributed by atoms with Crippen LogP contribution in [-0.4, -0.2) is 17.5 Å². The number of hydrogen-bond donors (Lipinski definition) is 0. The maximum Gasteiger partial charge on any atom is 0.263 e. The SMILES string of the molecule is Cc1cc(C)n(C)c(=O)c1C(=O)N(C)c1ccccc1. The summed E-state index contributed by atoms with van der Waals surface area (Å²) < 4.78 is 1.50. The molecule has 0 fully saturated rings. The highest BCUT2D eigenvalue weighted by atomic mass is 16.2. The average molecular weight is 270 g/mol. The number of rotatable bonds is 2. The molecule has 20 heavy (non-hydrogen) atoms. The minimum absolute atomic E-state index is 0.226. The Morgan fingerprint density at radius 2 is 1.75 bits per heavy atom. The number of pyridine rings is 1. The molecule has 0 saturated heterocycles. The topological polar surface area (TPSA) is 42.3 Å². The highest BCUT2D eigenvalue weighted by molar-refractivity contribution is 6.06. The lowest BCUT2D eigenvalue weighted by Crippen LogP contribution is -2.35. The van der Waals surface area contributed by atoms with Gasteiger partial charge in [-0.2, -0.15) is 0 Å². The second-order valence-corrected chi connectivity index (χ2v) is 4.91. The van der Waals surface area contributed by atoms with Crippen LogP contribution < -0.4 is 10.5 Å². The number of carbonyl (C=O) groups is 1. The molecule has 1 aromatic heterocycles. The van der Waals surface area contributed by atoms with E-state index in [1.165, 1.54) is 9.47 Å². The van der Waals surface area contributed by atoms with E-state index in [9.17, 15) is 9.59 Å². The van der Waals surface area contributed by atoms with Gasteiger partial charge in [-0.25, -0.2) is 0 Å². The lowest BCUT2D eigenvalue weighted by molar-refractivity contribution is 0.0990. The van der Waals surface area contributed by atoms with Crippen LogP contribution in [0, 0.1) is 13.8 Å². The van der Waals surface area contributed by atoms with Gasteiger partial charge in [0.2, 0.25) is 0 Å². The Morgan fingerprint density at radius 3 is 2.35 bits per heavy atom. The first-order chi connectivity index (χ1) is 9.43. The van der Waals surface area contributed by atoms with E-state index in [0.29, 0.717) is 5.56 Å². The van der Waals surface area contributed by atoms with Crippen molar-refractivity contribution in [2.45, 2.75) is 13.8 Å². The fourth-order valence-electron chi connectivity index (χ4n) is 2.18. The second kappa shape index (κ2) is 5.33. The highest BCUT2D eigenvalue weighted by Gasteiger charge is 2.20. The monoisotopic (exact) mass is 270 g/mol. The summed E-state index contributed by atoms with van der Waals surface area (Å²) in [5, 5.41) is 0. The van der Waals surface area contributed by atoms with Crippen molar-refractivity contribution in [3.05, 3.63) is 63.6 Å². The van der Waals surface area contributed by atoms with Gasteiger partial charge in [0, 0.05) is 25.5 Å². The van der Waals surface area contributed by atoms with Crippen LogP contribution in [0.3, 0.4) is 0 Å². The normalized spacial score (nSPS) is 10.4. The number of aryl methyl sites for hydroxylation is 2. The van der Waals surface area contributed by atoms with Crippen LogP contribution in [0.1, 0.15) is 21.6 Å². The minimum Gasteiger partial charge on any atom is -0.315 e. The average Bonchev–Trinajstić information content (AvgIpc) is 2.45. The summed E-state index contributed by atoms with van der Waals surface area (Å²) in [4.78, 5) is 26.4. The summed E-state index contributed by atoms with van der Waals surface area (Å²) in [6.07, 6.45) is 0. The van der Waals surface area contributed by atoms with Gasteiger partial charge in [-0.1, -0.05) is 18.2 Å². The summed E-state index contributed by atoms with van der Waals surface area (Å²) in [5.74, 6) is -0.283. The van der Waals surface area contributed by atoms with Gasteiger partial charge in [-0.3, -0.25) is 9.59 Å². The number of hydrogen-bond acceptors (Lipinski definition) is 2. The van der Waals surface area contributed by atoms with Crippen LogP contribution in [-0.2, 0) is 7.05 Å². The molecule has 0 radical (unpaired) electrons. The van der Waals surface area contributed by atoms with Crippen molar-refractivity contribution in [1.82, 2.24) is 4.57 Å². The molecule has 2 rings (SSSR count). The number of carbonyl (C=O) groups excluding carboxylic acids is 1. The van der Waals surface area contributed by atoms with E-state index in [2.05, 4.69) is 0 Å². The summed E-state index contributed by atoms with van der Waals surface area (Å²) >= 11 is 0. The van der Waals surface area contributed by atoms with Crippen molar-refractivity contribution in [3.63, 3.8) is 0 Å². The van der Waals surface area contributed by atoms with E-state index in [0.717, 1.165) is 11.4 Å². The van der Waals surface area contributed by atoms with Crippen LogP contribution in [0.4, 0.5) is 5.69 Å². The molecule has 0 spiro atoms. The zero-order chi connectivity index (χ0) is 14.9. The predicted molar refractivity (Wildman–Crippen MR) is 80.3 cm³/mol. The zero-order valence-corrected chi connectivity index (χ0v) is 12.2. The van der Waals surface area contributed by atoms with E-state index in [4.69, 9.17) is 0 Å². The maximum atomic E-state index is 12.6. The molecule has 0 atom stereocenters. The van der Waals surface area contributed by atoms with Crippen molar-refractivity contribution in [1.29, 1.82) is 0 Å². The van der Waals surface area contributed by atoms with Crippen molar-refractivity contribution in [2.75, 3.05) is 11.9 Å². The molecule has 0 bridgehead atoms. The first kappa shape index (κ1) is 14.1. The number of para-hydroxylation sites is 1. The van der Waals surface area contributed by atoms with Crippen LogP contribution in [0.25, 0.3) is 0 Å². The van der Waals surface area contributed by atoms with Crippen molar-refractivity contribution >= 4 is 11.6 Å². The first-order valence-electron chi connectivity index (χ1n) is 6.44. The van der Waals surface area contributed by atoms with E-state index in [1.807, 2.05) is 43.3 Å². The summed E-state index contributed by atoms with van der Waals surface area (Å²) in [7, 11) is 3.35. The Balaban J connectivity index is 2.50. The third-order valence-electron chi connectivity index (χ3n) is 3.53. The standard InChI is InChI=1S/C16H18N2O2/c1-11-10-12(2)17(3)15(19)14(11)16(20)18(4)13-8-6-5-7-9-13/h5-10H,1-4H3. The Morgan fingerprint density at radius 1 is 1.15 bits per heavy atom. The number of amides is 1. The lowest BCUT2D eigenvalue weighted by Gasteiger charge is -2.19. The Kier molecular flexibility index (Phi) is 3.74. The molecule has 0 N–H and O–H groups in total. The molecular weight excluding hydrogens is 252 g/mol. The molecule has 0 aliphatic carbocycles. The number of nitrogens with zero attached hydrogens (tertiary/aromatic N) is 2.